The van der Waals surface area contributed by atoms with Crippen molar-refractivity contribution in [1.82, 2.24) is 15.2 Å². The van der Waals surface area contributed by atoms with E-state index in [1.54, 1.807) is 43.5 Å². The molecule has 1 aromatic heterocycles. The van der Waals surface area contributed by atoms with Crippen LogP contribution in [0, 0.1) is 0 Å². The topological polar surface area (TPSA) is 110 Å². The molecule has 28 heavy (non-hydrogen) atoms. The summed E-state index contributed by atoms with van der Waals surface area (Å²) in [4.78, 5) is 42.0. The molecule has 1 fully saturated rings. The van der Waals surface area contributed by atoms with Gasteiger partial charge in [0.2, 0.25) is 11.8 Å². The van der Waals surface area contributed by atoms with Crippen molar-refractivity contribution < 1.29 is 23.9 Å². The van der Waals surface area contributed by atoms with E-state index >= 15 is 0 Å². The zero-order valence-electron chi connectivity index (χ0n) is 15.5. The maximum absolute atomic E-state index is 12.5. The molecule has 1 saturated heterocycles. The lowest BCUT2D eigenvalue weighted by Crippen LogP contribution is -2.34. The van der Waals surface area contributed by atoms with Gasteiger partial charge in [0.1, 0.15) is 11.8 Å². The van der Waals surface area contributed by atoms with Gasteiger partial charge >= 0.3 is 6.03 Å². The fourth-order valence-corrected chi connectivity index (χ4v) is 2.75. The fraction of sp³-hybridized carbons (Fsp3) is 0.263. The lowest BCUT2D eigenvalue weighted by Gasteiger charge is -2.13. The average molecular weight is 384 g/mol. The third-order valence-corrected chi connectivity index (χ3v) is 4.23. The Morgan fingerprint density at radius 1 is 1.14 bits per heavy atom. The van der Waals surface area contributed by atoms with Crippen molar-refractivity contribution >= 4 is 23.5 Å². The molecule has 1 aliphatic heterocycles. The fourth-order valence-electron chi connectivity index (χ4n) is 2.75. The Bertz CT molecular complexity index is 867. The predicted octanol–water partition coefficient (Wildman–Crippen LogP) is 1.55. The Labute approximate surface area is 161 Å². The van der Waals surface area contributed by atoms with E-state index in [1.165, 1.54) is 13.3 Å². The second-order valence-electron chi connectivity index (χ2n) is 6.12. The van der Waals surface area contributed by atoms with Crippen LogP contribution in [-0.4, -0.2) is 48.0 Å². The minimum atomic E-state index is -0.906. The van der Waals surface area contributed by atoms with Crippen molar-refractivity contribution in [3.05, 3.63) is 48.2 Å². The van der Waals surface area contributed by atoms with Crippen LogP contribution in [0.25, 0.3) is 0 Å². The Morgan fingerprint density at radius 3 is 2.50 bits per heavy atom. The van der Waals surface area contributed by atoms with Crippen LogP contribution in [0.2, 0.25) is 0 Å². The van der Waals surface area contributed by atoms with E-state index in [2.05, 4.69) is 15.6 Å². The number of nitrogens with one attached hydrogen (secondary N) is 2. The normalized spacial score (nSPS) is 15.9. The highest BCUT2D eigenvalue weighted by Crippen LogP contribution is 2.18. The minimum Gasteiger partial charge on any atom is -0.497 e. The number of ether oxygens (including phenoxy) is 2. The standard InChI is InChI=1S/C19H20N4O5/c1-27-14-6-3-12(4-7-14)11-23-18(25)15(22-19(23)26)9-16(24)21-13-5-8-17(28-2)20-10-13/h3-8,10,15H,9,11H2,1-2H3,(H,21,24)(H,22,26)/t15-/m1/s1. The lowest BCUT2D eigenvalue weighted by molar-refractivity contribution is -0.130. The summed E-state index contributed by atoms with van der Waals surface area (Å²) >= 11 is 0. The number of hydrogen-bond acceptors (Lipinski definition) is 6. The van der Waals surface area contributed by atoms with E-state index < -0.39 is 23.9 Å². The molecular formula is C19H20N4O5. The van der Waals surface area contributed by atoms with E-state index in [1.807, 2.05) is 0 Å². The molecule has 4 amide bonds. The van der Waals surface area contributed by atoms with Crippen LogP contribution in [0.1, 0.15) is 12.0 Å². The number of urea groups is 1. The molecule has 0 radical (unpaired) electrons. The third kappa shape index (κ3) is 4.37. The molecule has 0 saturated carbocycles. The third-order valence-electron chi connectivity index (χ3n) is 4.23. The SMILES string of the molecule is COc1ccc(CN2C(=O)N[C@H](CC(=O)Nc3ccc(OC)nc3)C2=O)cc1. The highest BCUT2D eigenvalue weighted by atomic mass is 16.5. The van der Waals surface area contributed by atoms with Crippen LogP contribution in [0.3, 0.4) is 0 Å². The molecule has 0 unspecified atom stereocenters. The van der Waals surface area contributed by atoms with Gasteiger partial charge in [-0.3, -0.25) is 14.5 Å². The summed E-state index contributed by atoms with van der Waals surface area (Å²) in [7, 11) is 3.05. The Hall–Kier alpha value is -3.62. The van der Waals surface area contributed by atoms with Crippen LogP contribution in [0.5, 0.6) is 11.6 Å². The highest BCUT2D eigenvalue weighted by molar-refractivity contribution is 6.06. The van der Waals surface area contributed by atoms with Gasteiger partial charge in [-0.15, -0.1) is 0 Å². The quantitative estimate of drug-likeness (QED) is 0.701. The van der Waals surface area contributed by atoms with Crippen molar-refractivity contribution in [2.45, 2.75) is 19.0 Å². The number of aromatic nitrogens is 1. The summed E-state index contributed by atoms with van der Waals surface area (Å²) in [6.45, 7) is 0.120. The zero-order chi connectivity index (χ0) is 20.1. The maximum atomic E-state index is 12.5. The number of anilines is 1. The van der Waals surface area contributed by atoms with Crippen LogP contribution >= 0.6 is 0 Å². The number of amides is 4. The summed E-state index contributed by atoms with van der Waals surface area (Å²) in [5.41, 5.74) is 1.25. The highest BCUT2D eigenvalue weighted by Gasteiger charge is 2.38. The van der Waals surface area contributed by atoms with E-state index in [-0.39, 0.29) is 13.0 Å². The van der Waals surface area contributed by atoms with Crippen molar-refractivity contribution in [2.75, 3.05) is 19.5 Å². The van der Waals surface area contributed by atoms with Gasteiger partial charge in [-0.2, -0.15) is 0 Å². The van der Waals surface area contributed by atoms with Gasteiger partial charge in [-0.05, 0) is 23.8 Å². The Morgan fingerprint density at radius 2 is 1.89 bits per heavy atom. The molecule has 2 aromatic rings. The molecule has 3 rings (SSSR count). The van der Waals surface area contributed by atoms with Crippen LogP contribution in [0.4, 0.5) is 10.5 Å². The average Bonchev–Trinajstić information content (AvgIpc) is 2.96. The molecular weight excluding hydrogens is 364 g/mol. The molecule has 2 heterocycles. The molecule has 0 aliphatic carbocycles. The van der Waals surface area contributed by atoms with Gasteiger partial charge < -0.3 is 20.1 Å². The van der Waals surface area contributed by atoms with Crippen LogP contribution in [-0.2, 0) is 16.1 Å². The summed E-state index contributed by atoms with van der Waals surface area (Å²) in [5.74, 6) is 0.259. The summed E-state index contributed by atoms with van der Waals surface area (Å²) in [6.07, 6.45) is 1.28. The molecule has 1 aromatic carbocycles. The number of carbonyl (C=O) groups excluding carboxylic acids is 3. The Balaban J connectivity index is 1.58. The minimum absolute atomic E-state index is 0.120. The predicted molar refractivity (Wildman–Crippen MR) is 99.9 cm³/mol. The first-order valence-corrected chi connectivity index (χ1v) is 8.55. The lowest BCUT2D eigenvalue weighted by atomic mass is 10.1. The molecule has 146 valence electrons. The number of methoxy groups -OCH3 is 2. The zero-order valence-corrected chi connectivity index (χ0v) is 15.5. The molecule has 9 heteroatoms. The largest absolute Gasteiger partial charge is 0.497 e. The number of imide groups is 1. The molecule has 0 bridgehead atoms. The monoisotopic (exact) mass is 384 g/mol. The van der Waals surface area contributed by atoms with Gasteiger partial charge in [0.15, 0.2) is 0 Å². The Kier molecular flexibility index (Phi) is 5.73. The van der Waals surface area contributed by atoms with Crippen molar-refractivity contribution in [3.63, 3.8) is 0 Å². The van der Waals surface area contributed by atoms with Gasteiger partial charge in [-0.1, -0.05) is 12.1 Å². The van der Waals surface area contributed by atoms with E-state index in [0.29, 0.717) is 17.3 Å². The molecule has 1 atom stereocenters. The van der Waals surface area contributed by atoms with E-state index in [0.717, 1.165) is 10.5 Å². The van der Waals surface area contributed by atoms with Crippen molar-refractivity contribution in [2.24, 2.45) is 0 Å². The molecule has 2 N–H and O–H groups in total. The van der Waals surface area contributed by atoms with Crippen LogP contribution in [0.15, 0.2) is 42.6 Å². The first-order chi connectivity index (χ1) is 13.5. The van der Waals surface area contributed by atoms with Crippen molar-refractivity contribution in [3.8, 4) is 11.6 Å². The van der Waals surface area contributed by atoms with E-state index in [9.17, 15) is 14.4 Å². The number of benzene rings is 1. The number of hydrogen-bond donors (Lipinski definition) is 2. The number of carbonyl (C=O) groups is 3. The number of pyridine rings is 1. The smallest absolute Gasteiger partial charge is 0.325 e. The second-order valence-corrected chi connectivity index (χ2v) is 6.12. The molecule has 1 aliphatic rings. The number of nitrogens with zero attached hydrogens (tertiary/aromatic N) is 2. The van der Waals surface area contributed by atoms with Gasteiger partial charge in [-0.25, -0.2) is 9.78 Å². The summed E-state index contributed by atoms with van der Waals surface area (Å²) in [6, 6.07) is 8.86. The molecule has 9 nitrogen and oxygen atoms in total. The first-order valence-electron chi connectivity index (χ1n) is 8.55. The van der Waals surface area contributed by atoms with Crippen LogP contribution < -0.4 is 20.1 Å². The van der Waals surface area contributed by atoms with Gasteiger partial charge in [0.25, 0.3) is 5.91 Å². The van der Waals surface area contributed by atoms with Crippen molar-refractivity contribution in [1.29, 1.82) is 0 Å². The van der Waals surface area contributed by atoms with Gasteiger partial charge in [0.05, 0.1) is 39.1 Å². The second kappa shape index (κ2) is 8.38. The number of rotatable bonds is 7. The van der Waals surface area contributed by atoms with E-state index in [4.69, 9.17) is 9.47 Å². The maximum Gasteiger partial charge on any atom is 0.325 e. The first kappa shape index (κ1) is 19.2. The molecule has 0 spiro atoms. The summed E-state index contributed by atoms with van der Waals surface area (Å²) in [5, 5.41) is 5.19. The summed E-state index contributed by atoms with van der Waals surface area (Å²) < 4.78 is 10.0. The van der Waals surface area contributed by atoms with Gasteiger partial charge in [0, 0.05) is 6.07 Å².